The van der Waals surface area contributed by atoms with Gasteiger partial charge in [0.25, 0.3) is 0 Å². The lowest BCUT2D eigenvalue weighted by atomic mass is 10.0. The number of pyridine rings is 2. The lowest BCUT2D eigenvalue weighted by molar-refractivity contribution is 0.913. The number of fused-ring (bicyclic) bond motifs is 2. The van der Waals surface area contributed by atoms with Gasteiger partial charge < -0.3 is 10.3 Å². The summed E-state index contributed by atoms with van der Waals surface area (Å²) >= 11 is 1.71. The molecule has 5 aromatic heterocycles. The molecule has 7 heteroatoms. The van der Waals surface area contributed by atoms with Gasteiger partial charge in [-0.2, -0.15) is 16.4 Å². The molecule has 172 valence electrons. The van der Waals surface area contributed by atoms with Gasteiger partial charge in [-0.15, -0.1) is 0 Å². The fourth-order valence-electron chi connectivity index (χ4n) is 4.46. The maximum absolute atomic E-state index is 4.62. The van der Waals surface area contributed by atoms with Gasteiger partial charge >= 0.3 is 0 Å². The monoisotopic (exact) mass is 476 g/mol. The molecule has 0 bridgehead atoms. The molecule has 0 amide bonds. The van der Waals surface area contributed by atoms with Crippen LogP contribution in [0.3, 0.4) is 0 Å². The van der Waals surface area contributed by atoms with Gasteiger partial charge in [-0.05, 0) is 58.6 Å². The molecule has 0 aliphatic rings. The number of allylic oxidation sites excluding steroid dienone is 1. The molecular weight excluding hydrogens is 452 g/mol. The number of nitrogens with zero attached hydrogens (tertiary/aromatic N) is 3. The molecule has 0 saturated heterocycles. The zero-order valence-electron chi connectivity index (χ0n) is 19.3. The molecule has 6 aromatic rings. The first kappa shape index (κ1) is 21.3. The quantitative estimate of drug-likeness (QED) is 0.221. The molecule has 0 spiro atoms. The first-order chi connectivity index (χ1) is 17.2. The van der Waals surface area contributed by atoms with E-state index in [2.05, 4.69) is 97.2 Å². The van der Waals surface area contributed by atoms with E-state index in [1.54, 1.807) is 11.3 Å². The summed E-state index contributed by atoms with van der Waals surface area (Å²) in [6, 6.07) is 14.9. The fourth-order valence-corrected chi connectivity index (χ4v) is 5.11. The summed E-state index contributed by atoms with van der Waals surface area (Å²) in [6.45, 7) is 6.23. The second-order valence-electron chi connectivity index (χ2n) is 8.60. The van der Waals surface area contributed by atoms with E-state index in [-0.39, 0.29) is 0 Å². The van der Waals surface area contributed by atoms with E-state index in [1.807, 2.05) is 18.6 Å². The maximum atomic E-state index is 4.62. The number of thiophene rings is 1. The van der Waals surface area contributed by atoms with Gasteiger partial charge in [0.1, 0.15) is 0 Å². The minimum atomic E-state index is 0.680. The molecule has 6 nitrogen and oxygen atoms in total. The predicted molar refractivity (Wildman–Crippen MR) is 145 cm³/mol. The van der Waals surface area contributed by atoms with E-state index in [0.29, 0.717) is 5.65 Å². The molecule has 0 aliphatic carbocycles. The Bertz CT molecular complexity index is 1660. The Labute approximate surface area is 206 Å². The third-order valence-corrected chi connectivity index (χ3v) is 6.80. The van der Waals surface area contributed by atoms with E-state index in [4.69, 9.17) is 0 Å². The molecule has 0 radical (unpaired) electrons. The van der Waals surface area contributed by atoms with Crippen LogP contribution in [0.15, 0.2) is 84.1 Å². The lowest BCUT2D eigenvalue weighted by Gasteiger charge is -2.09. The van der Waals surface area contributed by atoms with Gasteiger partial charge in [0.2, 0.25) is 0 Å². The summed E-state index contributed by atoms with van der Waals surface area (Å²) < 4.78 is 0. The van der Waals surface area contributed by atoms with Crippen LogP contribution in [0.4, 0.5) is 5.69 Å². The average Bonchev–Trinajstić information content (AvgIpc) is 3.63. The van der Waals surface area contributed by atoms with Crippen molar-refractivity contribution in [3.63, 3.8) is 0 Å². The van der Waals surface area contributed by atoms with Gasteiger partial charge in [-0.1, -0.05) is 32.1 Å². The van der Waals surface area contributed by atoms with Gasteiger partial charge in [0, 0.05) is 45.5 Å². The normalized spacial score (nSPS) is 11.3. The third kappa shape index (κ3) is 4.00. The van der Waals surface area contributed by atoms with Crippen LogP contribution in [-0.2, 0) is 0 Å². The van der Waals surface area contributed by atoms with Crippen LogP contribution in [-0.4, -0.2) is 25.1 Å². The highest BCUT2D eigenvalue weighted by molar-refractivity contribution is 7.08. The molecule has 0 aliphatic heterocycles. The standard InChI is InChI=1S/C28H24N6S/c1-3-5-17(2)31-21-10-19(13-29-15-21)20-11-24-27(33-34-28(24)30-14-20)26-12-23-22(18-8-9-35-16-18)6-4-7-25(23)32-26/h4,6-16,31-32H,2-3,5H2,1H3,(H,30,33,34). The van der Waals surface area contributed by atoms with Crippen molar-refractivity contribution in [1.82, 2.24) is 25.1 Å². The van der Waals surface area contributed by atoms with Gasteiger partial charge in [0.05, 0.1) is 23.3 Å². The number of anilines is 1. The summed E-state index contributed by atoms with van der Waals surface area (Å²) in [7, 11) is 0. The third-order valence-electron chi connectivity index (χ3n) is 6.12. The highest BCUT2D eigenvalue weighted by Gasteiger charge is 2.15. The molecule has 0 saturated carbocycles. The largest absolute Gasteiger partial charge is 0.358 e. The summed E-state index contributed by atoms with van der Waals surface area (Å²) in [6.07, 6.45) is 7.48. The minimum Gasteiger partial charge on any atom is -0.358 e. The highest BCUT2D eigenvalue weighted by Crippen LogP contribution is 2.35. The molecule has 1 aromatic carbocycles. The Morgan fingerprint density at radius 2 is 1.94 bits per heavy atom. The van der Waals surface area contributed by atoms with Crippen molar-refractivity contribution in [3.05, 3.63) is 84.1 Å². The Balaban J connectivity index is 1.40. The smallest absolute Gasteiger partial charge is 0.181 e. The number of nitrogens with one attached hydrogen (secondary N) is 3. The summed E-state index contributed by atoms with van der Waals surface area (Å²) in [5.74, 6) is 0. The zero-order valence-corrected chi connectivity index (χ0v) is 20.1. The van der Waals surface area contributed by atoms with Crippen LogP contribution in [0.2, 0.25) is 0 Å². The van der Waals surface area contributed by atoms with Crippen LogP contribution >= 0.6 is 11.3 Å². The fraction of sp³-hybridized carbons (Fsp3) is 0.107. The van der Waals surface area contributed by atoms with Crippen molar-refractivity contribution in [1.29, 1.82) is 0 Å². The Hall–Kier alpha value is -4.23. The second-order valence-corrected chi connectivity index (χ2v) is 9.38. The molecule has 35 heavy (non-hydrogen) atoms. The number of aromatic amines is 2. The molecule has 5 heterocycles. The molecular formula is C28H24N6S. The number of aromatic nitrogens is 5. The molecule has 0 unspecified atom stereocenters. The zero-order chi connectivity index (χ0) is 23.8. The molecule has 3 N–H and O–H groups in total. The first-order valence-electron chi connectivity index (χ1n) is 11.6. The van der Waals surface area contributed by atoms with Crippen LogP contribution in [0.25, 0.3) is 55.6 Å². The molecule has 6 rings (SSSR count). The number of rotatable bonds is 7. The van der Waals surface area contributed by atoms with Crippen molar-refractivity contribution < 1.29 is 0 Å². The predicted octanol–water partition coefficient (Wildman–Crippen LogP) is 7.62. The van der Waals surface area contributed by atoms with E-state index in [9.17, 15) is 0 Å². The Morgan fingerprint density at radius 3 is 2.80 bits per heavy atom. The number of benzene rings is 1. The van der Waals surface area contributed by atoms with Crippen molar-refractivity contribution in [2.24, 2.45) is 0 Å². The van der Waals surface area contributed by atoms with Crippen molar-refractivity contribution in [3.8, 4) is 33.6 Å². The summed E-state index contributed by atoms with van der Waals surface area (Å²) in [4.78, 5) is 12.6. The van der Waals surface area contributed by atoms with Gasteiger partial charge in [0.15, 0.2) is 5.65 Å². The number of hydrogen-bond acceptors (Lipinski definition) is 5. The molecule has 0 fully saturated rings. The van der Waals surface area contributed by atoms with Crippen LogP contribution in [0, 0.1) is 0 Å². The number of H-pyrrole nitrogens is 2. The van der Waals surface area contributed by atoms with Crippen LogP contribution < -0.4 is 5.32 Å². The maximum Gasteiger partial charge on any atom is 0.181 e. The summed E-state index contributed by atoms with van der Waals surface area (Å²) in [5, 5.41) is 17.4. The van der Waals surface area contributed by atoms with E-state index < -0.39 is 0 Å². The van der Waals surface area contributed by atoms with E-state index in [0.717, 1.165) is 57.6 Å². The van der Waals surface area contributed by atoms with Crippen molar-refractivity contribution in [2.75, 3.05) is 5.32 Å². The second kappa shape index (κ2) is 8.85. The highest BCUT2D eigenvalue weighted by atomic mass is 32.1. The van der Waals surface area contributed by atoms with Crippen LogP contribution in [0.5, 0.6) is 0 Å². The van der Waals surface area contributed by atoms with Gasteiger partial charge in [-0.25, -0.2) is 4.98 Å². The van der Waals surface area contributed by atoms with E-state index in [1.165, 1.54) is 16.5 Å². The van der Waals surface area contributed by atoms with Crippen molar-refractivity contribution >= 4 is 39.0 Å². The van der Waals surface area contributed by atoms with E-state index >= 15 is 0 Å². The van der Waals surface area contributed by atoms with Gasteiger partial charge in [-0.3, -0.25) is 10.1 Å². The Morgan fingerprint density at radius 1 is 1.03 bits per heavy atom. The minimum absolute atomic E-state index is 0.680. The average molecular weight is 477 g/mol. The van der Waals surface area contributed by atoms with Crippen molar-refractivity contribution in [2.45, 2.75) is 19.8 Å². The topological polar surface area (TPSA) is 82.3 Å². The Kier molecular flexibility index (Phi) is 5.39. The lowest BCUT2D eigenvalue weighted by Crippen LogP contribution is -1.98. The van der Waals surface area contributed by atoms with Crippen LogP contribution in [0.1, 0.15) is 19.8 Å². The summed E-state index contributed by atoms with van der Waals surface area (Å²) in [5.41, 5.74) is 9.98. The number of hydrogen-bond donors (Lipinski definition) is 3. The first-order valence-corrected chi connectivity index (χ1v) is 12.5. The molecule has 0 atom stereocenters. The SMILES string of the molecule is C=C(CCC)Nc1cncc(-c2cnc3n[nH]c(-c4cc5c(-c6ccsc6)cccc5[nH]4)c3c2)c1.